The second-order valence-electron chi connectivity index (χ2n) is 19.6. The van der Waals surface area contributed by atoms with Gasteiger partial charge in [0.1, 0.15) is 13.2 Å². The van der Waals surface area contributed by atoms with Gasteiger partial charge in [0.25, 0.3) is 7.82 Å². The van der Waals surface area contributed by atoms with E-state index in [2.05, 4.69) is 19.2 Å². The number of phosphoric acid groups is 1. The number of nitrogens with zero attached hydrogens (tertiary/aromatic N) is 1. The first-order chi connectivity index (χ1) is 29.0. The lowest BCUT2D eigenvalue weighted by Gasteiger charge is -2.30. The fourth-order valence-corrected chi connectivity index (χ4v) is 8.88. The van der Waals surface area contributed by atoms with Gasteiger partial charge in [0.2, 0.25) is 5.91 Å². The van der Waals surface area contributed by atoms with Gasteiger partial charge in [-0.3, -0.25) is 9.36 Å². The zero-order valence-electron chi connectivity index (χ0n) is 40.9. The molecule has 60 heavy (non-hydrogen) atoms. The van der Waals surface area contributed by atoms with Crippen LogP contribution in [-0.4, -0.2) is 68.5 Å². The zero-order valence-corrected chi connectivity index (χ0v) is 41.8. The number of carbonyl (C=O) groups is 1. The van der Waals surface area contributed by atoms with Crippen molar-refractivity contribution in [1.29, 1.82) is 0 Å². The molecule has 0 heterocycles. The van der Waals surface area contributed by atoms with Crippen molar-refractivity contribution >= 4 is 13.7 Å². The molecule has 1 amide bonds. The van der Waals surface area contributed by atoms with Crippen molar-refractivity contribution in [2.24, 2.45) is 0 Å². The van der Waals surface area contributed by atoms with Gasteiger partial charge in [-0.25, -0.2) is 0 Å². The standard InChI is InChI=1S/C51H105N2O6P/c1-6-8-10-12-14-16-17-18-19-20-21-22-23-24-25-26-27-28-29-30-31-32-33-34-35-37-39-41-43-45-51(55)52-49(48-59-60(56,57)58-47-46-53(3,4)5)50(54)44-42-40-38-36-15-13-11-9-7-2/h49-50,54H,6-48H2,1-5H3,(H-,52,55,56,57)/t49-,50+/m0/s1. The van der Waals surface area contributed by atoms with Crippen molar-refractivity contribution in [3.05, 3.63) is 0 Å². The highest BCUT2D eigenvalue weighted by Crippen LogP contribution is 2.38. The van der Waals surface area contributed by atoms with Crippen molar-refractivity contribution < 1.29 is 32.9 Å². The Labute approximate surface area is 374 Å². The summed E-state index contributed by atoms with van der Waals surface area (Å²) in [5.41, 5.74) is 0. The van der Waals surface area contributed by atoms with Crippen LogP contribution in [0.5, 0.6) is 0 Å². The predicted octanol–water partition coefficient (Wildman–Crippen LogP) is 14.7. The zero-order chi connectivity index (χ0) is 44.3. The van der Waals surface area contributed by atoms with Crippen LogP contribution < -0.4 is 10.2 Å². The van der Waals surface area contributed by atoms with Gasteiger partial charge in [0.15, 0.2) is 0 Å². The van der Waals surface area contributed by atoms with Gasteiger partial charge >= 0.3 is 0 Å². The molecule has 0 saturated carbocycles. The summed E-state index contributed by atoms with van der Waals surface area (Å²) in [5, 5.41) is 13.9. The quantitative estimate of drug-likeness (QED) is 0.0358. The molecule has 8 nitrogen and oxygen atoms in total. The maximum Gasteiger partial charge on any atom is 0.268 e. The summed E-state index contributed by atoms with van der Waals surface area (Å²) < 4.78 is 23.3. The van der Waals surface area contributed by atoms with Crippen LogP contribution in [0.25, 0.3) is 0 Å². The molecular weight excluding hydrogens is 768 g/mol. The maximum absolute atomic E-state index is 12.9. The van der Waals surface area contributed by atoms with Crippen LogP contribution in [0.4, 0.5) is 0 Å². The number of rotatable bonds is 49. The topological polar surface area (TPSA) is 108 Å². The predicted molar refractivity (Wildman–Crippen MR) is 256 cm³/mol. The number of amides is 1. The van der Waals surface area contributed by atoms with E-state index >= 15 is 0 Å². The third kappa shape index (κ3) is 45.5. The molecule has 2 N–H and O–H groups in total. The molecule has 0 spiro atoms. The van der Waals surface area contributed by atoms with E-state index < -0.39 is 20.0 Å². The smallest absolute Gasteiger partial charge is 0.268 e. The number of aliphatic hydroxyl groups is 1. The monoisotopic (exact) mass is 873 g/mol. The van der Waals surface area contributed by atoms with Crippen molar-refractivity contribution in [1.82, 2.24) is 5.32 Å². The minimum atomic E-state index is -4.55. The molecule has 0 fully saturated rings. The van der Waals surface area contributed by atoms with E-state index in [4.69, 9.17) is 9.05 Å². The van der Waals surface area contributed by atoms with E-state index in [0.717, 1.165) is 38.5 Å². The van der Waals surface area contributed by atoms with Gasteiger partial charge in [-0.2, -0.15) is 0 Å². The number of nitrogens with one attached hydrogen (secondary N) is 1. The van der Waals surface area contributed by atoms with E-state index in [1.165, 1.54) is 205 Å². The molecule has 360 valence electrons. The van der Waals surface area contributed by atoms with E-state index in [1.54, 1.807) is 0 Å². The minimum absolute atomic E-state index is 0.0158. The Hall–Kier alpha value is -0.500. The van der Waals surface area contributed by atoms with Gasteiger partial charge in [-0.05, 0) is 12.8 Å². The second-order valence-corrected chi connectivity index (χ2v) is 21.0. The van der Waals surface area contributed by atoms with Crippen molar-refractivity contribution in [3.8, 4) is 0 Å². The average molecular weight is 873 g/mol. The largest absolute Gasteiger partial charge is 0.756 e. The summed E-state index contributed by atoms with van der Waals surface area (Å²) in [6, 6.07) is -0.792. The van der Waals surface area contributed by atoms with Gasteiger partial charge in [0, 0.05) is 6.42 Å². The molecule has 0 aromatic carbocycles. The number of quaternary nitrogens is 1. The second kappa shape index (κ2) is 43.7. The summed E-state index contributed by atoms with van der Waals surface area (Å²) in [4.78, 5) is 25.3. The van der Waals surface area contributed by atoms with Crippen LogP contribution >= 0.6 is 7.82 Å². The maximum atomic E-state index is 12.9. The normalized spacial score (nSPS) is 14.1. The third-order valence-corrected chi connectivity index (χ3v) is 13.3. The Morgan fingerprint density at radius 3 is 1.13 bits per heavy atom. The third-order valence-electron chi connectivity index (χ3n) is 12.3. The van der Waals surface area contributed by atoms with Gasteiger partial charge in [0.05, 0.1) is 39.9 Å². The highest BCUT2D eigenvalue weighted by Gasteiger charge is 2.24. The molecular formula is C51H105N2O6P. The number of hydrogen-bond donors (Lipinski definition) is 2. The number of phosphoric ester groups is 1. The van der Waals surface area contributed by atoms with E-state index in [9.17, 15) is 19.4 Å². The van der Waals surface area contributed by atoms with Crippen LogP contribution in [0.3, 0.4) is 0 Å². The molecule has 0 aromatic heterocycles. The Morgan fingerprint density at radius 1 is 0.517 bits per heavy atom. The van der Waals surface area contributed by atoms with E-state index in [1.807, 2.05) is 21.1 Å². The number of aliphatic hydroxyl groups excluding tert-OH is 1. The molecule has 0 aliphatic heterocycles. The molecule has 0 saturated heterocycles. The van der Waals surface area contributed by atoms with Crippen molar-refractivity contribution in [2.75, 3.05) is 40.9 Å². The van der Waals surface area contributed by atoms with Gasteiger partial charge in [-0.15, -0.1) is 0 Å². The fourth-order valence-electron chi connectivity index (χ4n) is 8.16. The summed E-state index contributed by atoms with van der Waals surface area (Å²) in [6.45, 7) is 4.73. The molecule has 9 heteroatoms. The SMILES string of the molecule is CCCCCCCCCCCCCCCCCCCCCCCCCCCCCCCC(=O)N[C@@H](COP(=O)([O-])OCC[N+](C)(C)C)[C@H](O)CCCCCCCCCCC. The Bertz CT molecular complexity index is 947. The number of unbranched alkanes of at least 4 members (excludes halogenated alkanes) is 36. The number of carbonyl (C=O) groups excluding carboxylic acids is 1. The summed E-state index contributed by atoms with van der Waals surface area (Å²) in [7, 11) is 1.32. The fraction of sp³-hybridized carbons (Fsp3) is 0.980. The van der Waals surface area contributed by atoms with Crippen molar-refractivity contribution in [3.63, 3.8) is 0 Å². The first-order valence-electron chi connectivity index (χ1n) is 26.4. The van der Waals surface area contributed by atoms with Crippen LogP contribution in [-0.2, 0) is 18.4 Å². The average Bonchev–Trinajstić information content (AvgIpc) is 3.20. The molecule has 3 atom stereocenters. The Morgan fingerprint density at radius 2 is 0.817 bits per heavy atom. The molecule has 0 rings (SSSR count). The van der Waals surface area contributed by atoms with Crippen molar-refractivity contribution in [2.45, 2.75) is 283 Å². The van der Waals surface area contributed by atoms with E-state index in [-0.39, 0.29) is 19.1 Å². The van der Waals surface area contributed by atoms with Crippen LogP contribution in [0.15, 0.2) is 0 Å². The Kier molecular flexibility index (Phi) is 43.4. The number of hydrogen-bond acceptors (Lipinski definition) is 6. The molecule has 0 radical (unpaired) electrons. The lowest BCUT2D eigenvalue weighted by atomic mass is 10.0. The molecule has 0 aromatic rings. The lowest BCUT2D eigenvalue weighted by molar-refractivity contribution is -0.870. The molecule has 0 aliphatic rings. The highest BCUT2D eigenvalue weighted by atomic mass is 31.2. The Balaban J connectivity index is 3.92. The van der Waals surface area contributed by atoms with Gasteiger partial charge < -0.3 is 28.8 Å². The van der Waals surface area contributed by atoms with Gasteiger partial charge in [-0.1, -0.05) is 251 Å². The van der Waals surface area contributed by atoms with Crippen LogP contribution in [0.1, 0.15) is 271 Å². The lowest BCUT2D eigenvalue weighted by Crippen LogP contribution is -2.46. The molecule has 1 unspecified atom stereocenters. The first kappa shape index (κ1) is 59.5. The molecule has 0 aliphatic carbocycles. The summed E-state index contributed by atoms with van der Waals surface area (Å²) in [5.74, 6) is -0.161. The summed E-state index contributed by atoms with van der Waals surface area (Å²) in [6.07, 6.45) is 50.1. The summed E-state index contributed by atoms with van der Waals surface area (Å²) >= 11 is 0. The highest BCUT2D eigenvalue weighted by molar-refractivity contribution is 7.45. The minimum Gasteiger partial charge on any atom is -0.756 e. The molecule has 0 bridgehead atoms. The first-order valence-corrected chi connectivity index (χ1v) is 27.8. The van der Waals surface area contributed by atoms with Crippen LogP contribution in [0, 0.1) is 0 Å². The number of likely N-dealkylation sites (N-methyl/N-ethyl adjacent to an activating group) is 1. The van der Waals surface area contributed by atoms with E-state index in [0.29, 0.717) is 23.9 Å². The van der Waals surface area contributed by atoms with Crippen LogP contribution in [0.2, 0.25) is 0 Å².